The van der Waals surface area contributed by atoms with Crippen LogP contribution < -0.4 is 6.15 Å². The highest BCUT2D eigenvalue weighted by atomic mass is 32.3. The SMILES string of the molecule is CC(C)(CO)CO.CC1(COCC(F)(F)F)COC1.F[B-](F)(F)[O+]1CCCC1.N.O=S(=O)(O)O. The molecule has 34 heavy (non-hydrogen) atoms. The van der Waals surface area contributed by atoms with Crippen LogP contribution in [0.3, 0.4) is 0 Å². The summed E-state index contributed by atoms with van der Waals surface area (Å²) >= 11 is 0. The predicted molar refractivity (Wildman–Crippen MR) is 112 cm³/mol. The van der Waals surface area contributed by atoms with Crippen LogP contribution in [0.5, 0.6) is 0 Å². The van der Waals surface area contributed by atoms with Crippen LogP contribution in [-0.4, -0.2) is 93.9 Å². The molecule has 10 nitrogen and oxygen atoms in total. The summed E-state index contributed by atoms with van der Waals surface area (Å²) in [6.07, 6.45) is -2.90. The Balaban J connectivity index is -0.000000392. The van der Waals surface area contributed by atoms with Crippen LogP contribution in [-0.2, 0) is 24.2 Å². The van der Waals surface area contributed by atoms with Crippen LogP contribution >= 0.6 is 0 Å². The van der Waals surface area contributed by atoms with Crippen molar-refractivity contribution in [3.05, 3.63) is 0 Å². The number of aliphatic hydroxyl groups is 2. The number of rotatable bonds is 6. The first-order chi connectivity index (χ1) is 14.6. The highest BCUT2D eigenvalue weighted by Crippen LogP contribution is 2.27. The number of alkyl halides is 3. The van der Waals surface area contributed by atoms with E-state index in [0.717, 1.165) is 0 Å². The normalized spacial score (nSPS) is 18.0. The van der Waals surface area contributed by atoms with E-state index in [2.05, 4.69) is 4.74 Å². The number of ether oxygens (including phenoxy) is 2. The van der Waals surface area contributed by atoms with Gasteiger partial charge in [0.15, 0.2) is 0 Å². The molecule has 0 unspecified atom stereocenters. The molecule has 2 fully saturated rings. The quantitative estimate of drug-likeness (QED) is 0.146. The molecule has 0 radical (unpaired) electrons. The third-order valence-electron chi connectivity index (χ3n) is 3.91. The van der Waals surface area contributed by atoms with E-state index in [9.17, 15) is 26.1 Å². The van der Waals surface area contributed by atoms with Crippen molar-refractivity contribution in [1.82, 2.24) is 6.15 Å². The van der Waals surface area contributed by atoms with Gasteiger partial charge in [-0.25, -0.2) is 0 Å². The Labute approximate surface area is 195 Å². The van der Waals surface area contributed by atoms with Crippen LogP contribution in [0.15, 0.2) is 0 Å². The van der Waals surface area contributed by atoms with E-state index in [1.54, 1.807) is 13.8 Å². The molecular formula is C16H36BF6NO9S. The third-order valence-corrected chi connectivity index (χ3v) is 3.91. The molecular weight excluding hydrogens is 507 g/mol. The highest BCUT2D eigenvalue weighted by molar-refractivity contribution is 7.79. The zero-order chi connectivity index (χ0) is 26.6. The van der Waals surface area contributed by atoms with Gasteiger partial charge in [-0.2, -0.15) is 21.6 Å². The van der Waals surface area contributed by atoms with Gasteiger partial charge in [-0.3, -0.25) is 9.11 Å². The van der Waals surface area contributed by atoms with Gasteiger partial charge >= 0.3 is 23.8 Å². The Hall–Kier alpha value is -0.725. The van der Waals surface area contributed by atoms with E-state index in [1.807, 2.05) is 6.92 Å². The summed E-state index contributed by atoms with van der Waals surface area (Å²) in [4.78, 5) is 0. The lowest BCUT2D eigenvalue weighted by molar-refractivity contribution is -0.200. The monoisotopic (exact) mass is 543 g/mol. The molecule has 210 valence electrons. The average Bonchev–Trinajstić information content (AvgIpc) is 3.14. The van der Waals surface area contributed by atoms with E-state index in [-0.39, 0.29) is 50.0 Å². The molecule has 0 saturated carbocycles. The molecule has 2 aliphatic rings. The van der Waals surface area contributed by atoms with Gasteiger partial charge in [0.1, 0.15) is 19.8 Å². The predicted octanol–water partition coefficient (Wildman–Crippen LogP) is 2.78. The van der Waals surface area contributed by atoms with Crippen LogP contribution in [0.1, 0.15) is 33.6 Å². The molecule has 0 aromatic rings. The maximum Gasteiger partial charge on any atom is 0.843 e. The van der Waals surface area contributed by atoms with Crippen molar-refractivity contribution in [2.75, 3.05) is 52.9 Å². The van der Waals surface area contributed by atoms with Gasteiger partial charge in [0.05, 0.1) is 33.0 Å². The summed E-state index contributed by atoms with van der Waals surface area (Å²) in [6.45, 7) is 5.72. The van der Waals surface area contributed by atoms with Crippen molar-refractivity contribution in [1.29, 1.82) is 0 Å². The minimum absolute atomic E-state index is 0. The lowest BCUT2D eigenvalue weighted by Gasteiger charge is -2.37. The molecule has 0 atom stereocenters. The molecule has 7 N–H and O–H groups in total. The van der Waals surface area contributed by atoms with E-state index >= 15 is 0 Å². The van der Waals surface area contributed by atoms with Gasteiger partial charge in [0, 0.05) is 23.7 Å². The Bertz CT molecular complexity index is 611. The Kier molecular flexibility index (Phi) is 17.9. The lowest BCUT2D eigenvalue weighted by atomic mass is 9.90. The minimum Gasteiger partial charge on any atom is -0.582 e. The molecule has 0 amide bonds. The summed E-state index contributed by atoms with van der Waals surface area (Å²) in [5.41, 5.74) is -0.509. The summed E-state index contributed by atoms with van der Waals surface area (Å²) in [5.74, 6) is 0. The molecule has 2 rings (SSSR count). The largest absolute Gasteiger partial charge is 0.843 e. The number of hydrogen-bond acceptors (Lipinski definition) is 7. The van der Waals surface area contributed by atoms with Crippen LogP contribution in [0.25, 0.3) is 0 Å². The average molecular weight is 543 g/mol. The van der Waals surface area contributed by atoms with Gasteiger partial charge in [0.2, 0.25) is 0 Å². The zero-order valence-corrected chi connectivity index (χ0v) is 20.2. The summed E-state index contributed by atoms with van der Waals surface area (Å²) < 4.78 is 112. The maximum absolute atomic E-state index is 11.7. The molecule has 2 heterocycles. The Morgan fingerprint density at radius 3 is 1.59 bits per heavy atom. The van der Waals surface area contributed by atoms with E-state index in [4.69, 9.17) is 32.5 Å². The third kappa shape index (κ3) is 24.4. The second-order valence-electron chi connectivity index (χ2n) is 8.51. The van der Waals surface area contributed by atoms with Crippen molar-refractivity contribution in [3.8, 4) is 0 Å². The van der Waals surface area contributed by atoms with E-state index in [0.29, 0.717) is 26.1 Å². The second-order valence-corrected chi connectivity index (χ2v) is 9.40. The smallest absolute Gasteiger partial charge is 0.582 e. The zero-order valence-electron chi connectivity index (χ0n) is 19.4. The topological polar surface area (TPSA) is 171 Å². The fourth-order valence-electron chi connectivity index (χ4n) is 1.94. The number of aliphatic hydroxyl groups excluding tert-OH is 2. The summed E-state index contributed by atoms with van der Waals surface area (Å²) in [6, 6.07) is 0. The molecule has 0 bridgehead atoms. The first-order valence-corrected chi connectivity index (χ1v) is 11.0. The molecule has 2 saturated heterocycles. The Morgan fingerprint density at radius 2 is 1.41 bits per heavy atom. The molecule has 0 aliphatic carbocycles. The van der Waals surface area contributed by atoms with Gasteiger partial charge < -0.3 is 43.1 Å². The molecule has 18 heteroatoms. The summed E-state index contributed by atoms with van der Waals surface area (Å²) in [5, 5.41) is 16.9. The standard InChI is InChI=1S/C7H11F3O2.C5H12O2.C4H8BF3O.H3N.H2O4S/c1-6(2-11-3-6)4-12-5-7(8,9)10;1-5(2,3-6)4-7;6-5(7,8)9-3-1-2-4-9;;1-5(2,3)4/h2-5H2,1H3;6-7H,3-4H2,1-2H3;1-4H2;1H3;(H2,1,2,3,4). The van der Waals surface area contributed by atoms with Crippen molar-refractivity contribution in [3.63, 3.8) is 0 Å². The van der Waals surface area contributed by atoms with Crippen LogP contribution in [0.2, 0.25) is 0 Å². The van der Waals surface area contributed by atoms with Crippen molar-refractivity contribution in [2.45, 2.75) is 39.8 Å². The van der Waals surface area contributed by atoms with Crippen LogP contribution in [0, 0.1) is 10.8 Å². The molecule has 2 aliphatic heterocycles. The molecule has 0 aromatic carbocycles. The van der Waals surface area contributed by atoms with Crippen molar-refractivity contribution < 1.29 is 67.6 Å². The maximum atomic E-state index is 11.7. The van der Waals surface area contributed by atoms with Crippen molar-refractivity contribution in [2.24, 2.45) is 10.8 Å². The molecule has 0 aromatic heterocycles. The fraction of sp³-hybridized carbons (Fsp3) is 1.00. The highest BCUT2D eigenvalue weighted by Gasteiger charge is 2.46. The van der Waals surface area contributed by atoms with Crippen molar-refractivity contribution >= 4 is 17.6 Å². The van der Waals surface area contributed by atoms with E-state index < -0.39 is 30.4 Å². The lowest BCUT2D eigenvalue weighted by Crippen LogP contribution is -2.44. The first kappa shape index (κ1) is 37.8. The van der Waals surface area contributed by atoms with Gasteiger partial charge in [-0.1, -0.05) is 20.8 Å². The fourth-order valence-corrected chi connectivity index (χ4v) is 1.94. The van der Waals surface area contributed by atoms with Gasteiger partial charge in [-0.15, -0.1) is 0 Å². The van der Waals surface area contributed by atoms with Gasteiger partial charge in [-0.05, 0) is 0 Å². The van der Waals surface area contributed by atoms with E-state index in [1.165, 1.54) is 4.28 Å². The minimum atomic E-state index is -4.76. The Morgan fingerprint density at radius 1 is 1.03 bits per heavy atom. The van der Waals surface area contributed by atoms with Crippen LogP contribution in [0.4, 0.5) is 26.1 Å². The number of halogens is 6. The number of hydrogen-bond donors (Lipinski definition) is 5. The second kappa shape index (κ2) is 16.1. The first-order valence-electron chi connectivity index (χ1n) is 9.64. The summed E-state index contributed by atoms with van der Waals surface area (Å²) in [7, 11) is -9.42. The molecule has 0 spiro atoms. The van der Waals surface area contributed by atoms with Gasteiger partial charge in [0.25, 0.3) is 0 Å².